The highest BCUT2D eigenvalue weighted by Gasteiger charge is 2.36. The van der Waals surface area contributed by atoms with Crippen LogP contribution in [-0.2, 0) is 115 Å². The van der Waals surface area contributed by atoms with Gasteiger partial charge in [-0.3, -0.25) is 75.9 Å². The minimum absolute atomic E-state index is 0.160. The maximum absolute atomic E-state index is 13.8. The van der Waals surface area contributed by atoms with Crippen LogP contribution in [0.25, 0.3) is 67.4 Å². The predicted octanol–water partition coefficient (Wildman–Crippen LogP) is 8.89. The lowest BCUT2D eigenvalue weighted by atomic mass is 9.90. The molecule has 35 heteroatoms. The van der Waals surface area contributed by atoms with Crippen molar-refractivity contribution in [2.24, 2.45) is 37.4 Å². The summed E-state index contributed by atoms with van der Waals surface area (Å²) in [5, 5.41) is 37.5. The van der Waals surface area contributed by atoms with Crippen LogP contribution in [0.5, 0.6) is 0 Å². The highest BCUT2D eigenvalue weighted by Crippen LogP contribution is 2.42. The number of methoxy groups -OCH3 is 2. The van der Waals surface area contributed by atoms with E-state index in [0.29, 0.717) is 128 Å². The number of anilines is 6. The van der Waals surface area contributed by atoms with Crippen LogP contribution in [0.2, 0.25) is 0 Å². The molecule has 0 aromatic carbocycles. The van der Waals surface area contributed by atoms with Gasteiger partial charge in [-0.25, -0.2) is 15.0 Å². The third kappa shape index (κ3) is 16.3. The molecule has 3 aliphatic heterocycles. The second-order valence-corrected chi connectivity index (χ2v) is 37.3. The zero-order valence-electron chi connectivity index (χ0n) is 75.1. The number of nitrogens with zero attached hydrogens (tertiary/aromatic N) is 20. The summed E-state index contributed by atoms with van der Waals surface area (Å²) in [5.41, 5.74) is 16.8. The summed E-state index contributed by atoms with van der Waals surface area (Å²) in [6.45, 7) is 23.1. The highest BCUT2D eigenvalue weighted by molar-refractivity contribution is 5.93. The van der Waals surface area contributed by atoms with Crippen LogP contribution < -0.4 is 54.6 Å². The molecule has 0 radical (unpaired) electrons. The molecule has 674 valence electrons. The van der Waals surface area contributed by atoms with Crippen molar-refractivity contribution in [3.05, 3.63) is 277 Å². The first-order valence-corrected chi connectivity index (χ1v) is 44.0. The van der Waals surface area contributed by atoms with Crippen LogP contribution in [0.3, 0.4) is 0 Å². The molecule has 0 atom stereocenters. The minimum atomic E-state index is -0.346. The second kappa shape index (κ2) is 34.1. The largest absolute Gasteiger partial charge is 0.392 e. The van der Waals surface area contributed by atoms with E-state index in [2.05, 4.69) is 97.8 Å². The van der Waals surface area contributed by atoms with Gasteiger partial charge in [-0.15, -0.1) is 0 Å². The van der Waals surface area contributed by atoms with Crippen molar-refractivity contribution >= 4 is 63.6 Å². The molecular formula is C96H104N24O11. The van der Waals surface area contributed by atoms with E-state index < -0.39 is 0 Å². The van der Waals surface area contributed by atoms with E-state index in [1.54, 1.807) is 128 Å². The summed E-state index contributed by atoms with van der Waals surface area (Å²) >= 11 is 0. The SMILES string of the molecule is COCCN1CCn2nc(Nc3cc(-c4ccnc(-n5ccn6c7c(cc6c5=O)CC(C)(C)C7)c4C=O)cn(C)c3=O)cc2C1.COCCN1CCn2nc(Nc3cc(-c4ccnc(-n5ccn6c7c(cc6c5=O)CC(C)(C)C7)c4CO)cn(C)c3=O)cc2C1.Cn1cc(-c2ccnc(-n3ccn4c5c(cc4c3=O)CC(C)(C)C5)c2C=O)cc(Nc2cc3n(n2)CCNC3)c1=O. The number of pyridine rings is 6. The molecule has 0 saturated heterocycles. The van der Waals surface area contributed by atoms with E-state index in [1.807, 2.05) is 82.2 Å². The third-order valence-electron chi connectivity index (χ3n) is 26.0. The summed E-state index contributed by atoms with van der Waals surface area (Å²) in [4.78, 5) is 124. The number of hydrogen-bond donors (Lipinski definition) is 5. The standard InChI is InChI=1S/C33H38N8O4.C33H36N8O4.C30H30N8O3/c2*1-33(2)16-21-14-27-32(44)40(9-8-39(27)28(21)17-33)30-25(20-42)24(5-6-34-30)22-13-26(31(43)37(3)18-22)35-29-15-23-19-38(11-12-45-4)7-10-41(23)36-29;1-30(2)13-18-11-24-29(41)37(9-8-36(24)25(18)14-30)27-22(17-39)21(4-5-32-27)19-10-23(28(40)35(3)16-19)33-26-12-20-15-31-6-7-38(20)34-26/h5-6,8-9,13-15,18,42H,7,10-12,16-17,19-20H2,1-4H3,(H,35,36);5-6,8-9,13-15,18,20H,7,10-12,16-17,19H2,1-4H3,(H,35,36);4-5,8-12,16-17,31H,6-7,13-15H2,1-3H3,(H,33,34). The van der Waals surface area contributed by atoms with Gasteiger partial charge in [0.05, 0.1) is 67.7 Å². The Morgan fingerprint density at radius 1 is 0.435 bits per heavy atom. The number of rotatable bonds is 21. The molecule has 0 unspecified atom stereocenters. The van der Waals surface area contributed by atoms with E-state index in [1.165, 1.54) is 49.8 Å². The summed E-state index contributed by atoms with van der Waals surface area (Å²) in [6, 6.07) is 22.2. The van der Waals surface area contributed by atoms with Crippen molar-refractivity contribution in [1.29, 1.82) is 0 Å². The molecular weight excluding hydrogens is 1670 g/mol. The van der Waals surface area contributed by atoms with Crippen LogP contribution in [0.4, 0.5) is 34.5 Å². The highest BCUT2D eigenvalue weighted by atomic mass is 16.5. The molecule has 3 aliphatic carbocycles. The average Bonchev–Trinajstić information content (AvgIpc) is 1.59. The predicted molar refractivity (Wildman–Crippen MR) is 497 cm³/mol. The van der Waals surface area contributed by atoms with Crippen molar-refractivity contribution in [3.63, 3.8) is 0 Å². The quantitative estimate of drug-likeness (QED) is 0.0419. The summed E-state index contributed by atoms with van der Waals surface area (Å²) in [5.74, 6) is 2.57. The van der Waals surface area contributed by atoms with Crippen molar-refractivity contribution in [1.82, 2.24) is 100 Å². The van der Waals surface area contributed by atoms with Crippen LogP contribution in [0.15, 0.2) is 176 Å². The Morgan fingerprint density at radius 2 is 0.794 bits per heavy atom. The summed E-state index contributed by atoms with van der Waals surface area (Å²) in [6.07, 6.45) is 27.4. The number of aryl methyl sites for hydroxylation is 3. The number of ether oxygens (including phenoxy) is 2. The zero-order chi connectivity index (χ0) is 91.4. The molecule has 0 bridgehead atoms. The molecule has 0 spiro atoms. The van der Waals surface area contributed by atoms with Gasteiger partial charge in [-0.1, -0.05) is 41.5 Å². The van der Waals surface area contributed by atoms with E-state index in [9.17, 15) is 43.5 Å². The van der Waals surface area contributed by atoms with E-state index in [-0.39, 0.29) is 79.0 Å². The fourth-order valence-corrected chi connectivity index (χ4v) is 19.7. The van der Waals surface area contributed by atoms with Gasteiger partial charge in [-0.2, -0.15) is 15.3 Å². The summed E-state index contributed by atoms with van der Waals surface area (Å²) < 4.78 is 31.0. The van der Waals surface area contributed by atoms with Crippen molar-refractivity contribution < 1.29 is 24.2 Å². The number of fused-ring (bicyclic) bond motifs is 12. The van der Waals surface area contributed by atoms with Gasteiger partial charge in [0, 0.05) is 220 Å². The Hall–Kier alpha value is -14.1. The van der Waals surface area contributed by atoms with Gasteiger partial charge in [0.25, 0.3) is 33.4 Å². The summed E-state index contributed by atoms with van der Waals surface area (Å²) in [7, 11) is 8.41. The third-order valence-corrected chi connectivity index (χ3v) is 26.0. The maximum Gasteiger partial charge on any atom is 0.280 e. The lowest BCUT2D eigenvalue weighted by Gasteiger charge is -2.26. The second-order valence-electron chi connectivity index (χ2n) is 37.3. The smallest absolute Gasteiger partial charge is 0.280 e. The van der Waals surface area contributed by atoms with Crippen LogP contribution >= 0.6 is 0 Å². The molecule has 15 aromatic rings. The fourth-order valence-electron chi connectivity index (χ4n) is 19.7. The number of aromatic nitrogens is 18. The minimum Gasteiger partial charge on any atom is -0.392 e. The molecule has 6 aliphatic rings. The molecule has 131 heavy (non-hydrogen) atoms. The van der Waals surface area contributed by atoms with Gasteiger partial charge < -0.3 is 62.8 Å². The van der Waals surface area contributed by atoms with Crippen molar-refractivity contribution in [2.75, 3.05) is 76.1 Å². The number of aliphatic hydroxyl groups excluding tert-OH is 1. The first-order chi connectivity index (χ1) is 63.0. The molecule has 15 aromatic heterocycles. The first kappa shape index (κ1) is 86.3. The molecule has 18 heterocycles. The van der Waals surface area contributed by atoms with E-state index in [4.69, 9.17) is 14.6 Å². The number of hydrogen-bond acceptors (Lipinski definition) is 23. The number of carbonyl (C=O) groups excluding carboxylic acids is 2. The number of carbonyl (C=O) groups is 2. The van der Waals surface area contributed by atoms with Crippen LogP contribution in [0.1, 0.15) is 119 Å². The first-order valence-electron chi connectivity index (χ1n) is 44.0. The average molecular weight is 1770 g/mol. The Morgan fingerprint density at radius 3 is 1.17 bits per heavy atom. The lowest BCUT2D eigenvalue weighted by molar-refractivity contribution is 0.111. The van der Waals surface area contributed by atoms with Crippen molar-refractivity contribution in [3.8, 4) is 50.8 Å². The Kier molecular flexibility index (Phi) is 22.4. The Bertz CT molecular complexity index is 7490. The molecule has 0 saturated carbocycles. The fraction of sp³-hybridized carbons (Fsp3) is 0.354. The van der Waals surface area contributed by atoms with Crippen LogP contribution in [-0.4, -0.2) is 173 Å². The van der Waals surface area contributed by atoms with E-state index in [0.717, 1.165) is 132 Å². The Labute approximate surface area is 751 Å². The van der Waals surface area contributed by atoms with Gasteiger partial charge in [0.15, 0.2) is 41.7 Å². The topological polar surface area (TPSA) is 365 Å². The van der Waals surface area contributed by atoms with Gasteiger partial charge in [0.2, 0.25) is 0 Å². The molecule has 21 rings (SSSR count). The monoisotopic (exact) mass is 1770 g/mol. The maximum atomic E-state index is 13.8. The molecule has 0 amide bonds. The van der Waals surface area contributed by atoms with Gasteiger partial charge >= 0.3 is 0 Å². The molecule has 35 nitrogen and oxygen atoms in total. The molecule has 0 fully saturated rings. The van der Waals surface area contributed by atoms with Gasteiger partial charge in [-0.05, 0) is 143 Å². The van der Waals surface area contributed by atoms with Crippen LogP contribution in [0, 0.1) is 16.2 Å². The number of nitrogens with one attached hydrogen (secondary N) is 4. The van der Waals surface area contributed by atoms with E-state index >= 15 is 0 Å². The normalized spacial score (nSPS) is 15.7. The van der Waals surface area contributed by atoms with Gasteiger partial charge in [0.1, 0.15) is 39.4 Å². The number of aldehydes is 2. The zero-order valence-corrected chi connectivity index (χ0v) is 75.1. The van der Waals surface area contributed by atoms with Crippen molar-refractivity contribution in [2.45, 2.75) is 126 Å². The molecule has 5 N–H and O–H groups in total. The number of aliphatic hydroxyl groups is 1. The lowest BCUT2D eigenvalue weighted by Crippen LogP contribution is -2.35. The Balaban J connectivity index is 0.000000127.